The first-order chi connectivity index (χ1) is 9.38. The van der Waals surface area contributed by atoms with Gasteiger partial charge in [0.1, 0.15) is 6.61 Å². The molecule has 2 aromatic rings. The summed E-state index contributed by atoms with van der Waals surface area (Å²) in [5, 5.41) is 2.31. The lowest BCUT2D eigenvalue weighted by Gasteiger charge is -2.12. The van der Waals surface area contributed by atoms with Gasteiger partial charge in [0.2, 0.25) is 0 Å². The summed E-state index contributed by atoms with van der Waals surface area (Å²) in [6.07, 6.45) is 1.26. The first-order valence-electron chi connectivity index (χ1n) is 6.64. The number of ether oxygens (including phenoxy) is 3. The minimum Gasteiger partial charge on any atom is -0.350 e. The molecule has 0 bridgehead atoms. The molecule has 3 heteroatoms. The highest BCUT2D eigenvalue weighted by Gasteiger charge is 2.30. The van der Waals surface area contributed by atoms with Gasteiger partial charge in [0, 0.05) is 12.2 Å². The molecule has 0 aliphatic carbocycles. The van der Waals surface area contributed by atoms with Crippen LogP contribution in [-0.2, 0) is 14.2 Å². The van der Waals surface area contributed by atoms with Crippen LogP contribution in [0, 0.1) is 6.29 Å². The van der Waals surface area contributed by atoms with E-state index >= 15 is 0 Å². The van der Waals surface area contributed by atoms with Gasteiger partial charge >= 0.3 is 0 Å². The van der Waals surface area contributed by atoms with Crippen molar-refractivity contribution in [3.05, 3.63) is 54.3 Å². The Labute approximate surface area is 113 Å². The van der Waals surface area contributed by atoms with Gasteiger partial charge in [0.25, 0.3) is 6.29 Å². The highest BCUT2D eigenvalue weighted by Crippen LogP contribution is 2.31. The van der Waals surface area contributed by atoms with Crippen LogP contribution in [0.15, 0.2) is 42.5 Å². The van der Waals surface area contributed by atoms with Crippen molar-refractivity contribution >= 4 is 10.8 Å². The molecule has 3 rings (SSSR count). The van der Waals surface area contributed by atoms with Crippen molar-refractivity contribution in [2.45, 2.75) is 19.6 Å². The summed E-state index contributed by atoms with van der Waals surface area (Å²) in [4.78, 5) is 0. The topological polar surface area (TPSA) is 27.7 Å². The van der Waals surface area contributed by atoms with E-state index in [9.17, 15) is 0 Å². The molecule has 1 saturated heterocycles. The molecule has 0 spiro atoms. The van der Waals surface area contributed by atoms with E-state index < -0.39 is 0 Å². The molecule has 0 N–H and O–H groups in total. The molecule has 19 heavy (non-hydrogen) atoms. The third kappa shape index (κ3) is 2.63. The summed E-state index contributed by atoms with van der Waals surface area (Å²) < 4.78 is 16.9. The Bertz CT molecular complexity index is 547. The van der Waals surface area contributed by atoms with Gasteiger partial charge in [0.15, 0.2) is 6.29 Å². The Morgan fingerprint density at radius 3 is 2.89 bits per heavy atom. The number of hydrogen-bond acceptors (Lipinski definition) is 3. The molecular formula is C16H17O3. The van der Waals surface area contributed by atoms with Crippen molar-refractivity contribution in [1.82, 2.24) is 0 Å². The second-order valence-corrected chi connectivity index (χ2v) is 4.54. The lowest BCUT2D eigenvalue weighted by Crippen LogP contribution is -2.15. The fourth-order valence-electron chi connectivity index (χ4n) is 2.21. The third-order valence-electron chi connectivity index (χ3n) is 3.11. The molecule has 1 radical (unpaired) electrons. The van der Waals surface area contributed by atoms with Gasteiger partial charge in [-0.1, -0.05) is 49.4 Å². The summed E-state index contributed by atoms with van der Waals surface area (Å²) in [5.41, 5.74) is 0.987. The minimum atomic E-state index is -0.283. The van der Waals surface area contributed by atoms with Crippen LogP contribution in [-0.4, -0.2) is 19.5 Å². The zero-order valence-electron chi connectivity index (χ0n) is 11.0. The first kappa shape index (κ1) is 12.6. The van der Waals surface area contributed by atoms with Gasteiger partial charge in [-0.05, 0) is 17.2 Å². The summed E-state index contributed by atoms with van der Waals surface area (Å²) in [5.74, 6) is 0. The molecule has 1 aliphatic rings. The van der Waals surface area contributed by atoms with Crippen LogP contribution in [0.4, 0.5) is 0 Å². The normalized spacial score (nSPS) is 20.2. The Morgan fingerprint density at radius 1 is 1.16 bits per heavy atom. The van der Waals surface area contributed by atoms with Crippen LogP contribution >= 0.6 is 0 Å². The Morgan fingerprint density at radius 2 is 2.00 bits per heavy atom. The monoisotopic (exact) mass is 257 g/mol. The standard InChI is InChI=1S/C16H17O3/c1-2-10-17-15-11-18-16(19-15)14-9-5-7-12-6-3-4-8-13(12)14/h3-9,15H,2,10-11H2,1H3. The predicted octanol–water partition coefficient (Wildman–Crippen LogP) is 3.48. The quantitative estimate of drug-likeness (QED) is 0.839. The van der Waals surface area contributed by atoms with Crippen LogP contribution < -0.4 is 0 Å². The average Bonchev–Trinajstić information content (AvgIpc) is 2.93. The molecule has 1 heterocycles. The van der Waals surface area contributed by atoms with E-state index in [1.807, 2.05) is 24.3 Å². The Balaban J connectivity index is 1.82. The maximum atomic E-state index is 5.73. The van der Waals surface area contributed by atoms with Gasteiger partial charge in [-0.25, -0.2) is 0 Å². The first-order valence-corrected chi connectivity index (χ1v) is 6.64. The largest absolute Gasteiger partial charge is 0.350 e. The maximum absolute atomic E-state index is 5.73. The van der Waals surface area contributed by atoms with Crippen molar-refractivity contribution in [2.24, 2.45) is 0 Å². The fraction of sp³-hybridized carbons (Fsp3) is 0.312. The second-order valence-electron chi connectivity index (χ2n) is 4.54. The number of fused-ring (bicyclic) bond motifs is 1. The lowest BCUT2D eigenvalue weighted by molar-refractivity contribution is -0.0974. The van der Waals surface area contributed by atoms with Crippen molar-refractivity contribution in [3.63, 3.8) is 0 Å². The highest BCUT2D eigenvalue weighted by molar-refractivity contribution is 5.86. The molecule has 3 nitrogen and oxygen atoms in total. The average molecular weight is 257 g/mol. The Kier molecular flexibility index (Phi) is 3.78. The maximum Gasteiger partial charge on any atom is 0.259 e. The van der Waals surface area contributed by atoms with Crippen LogP contribution in [0.25, 0.3) is 10.8 Å². The van der Waals surface area contributed by atoms with E-state index in [1.165, 1.54) is 5.39 Å². The van der Waals surface area contributed by atoms with E-state index in [1.54, 1.807) is 0 Å². The molecular weight excluding hydrogens is 240 g/mol. The summed E-state index contributed by atoms with van der Waals surface area (Å²) in [7, 11) is 0. The zero-order chi connectivity index (χ0) is 13.1. The van der Waals surface area contributed by atoms with Crippen molar-refractivity contribution in [3.8, 4) is 0 Å². The molecule has 0 saturated carbocycles. The van der Waals surface area contributed by atoms with Crippen molar-refractivity contribution in [2.75, 3.05) is 13.2 Å². The van der Waals surface area contributed by atoms with E-state index in [0.29, 0.717) is 19.5 Å². The van der Waals surface area contributed by atoms with Gasteiger partial charge in [-0.2, -0.15) is 0 Å². The molecule has 1 aliphatic heterocycles. The summed E-state index contributed by atoms with van der Waals surface area (Å²) >= 11 is 0. The zero-order valence-corrected chi connectivity index (χ0v) is 11.0. The van der Waals surface area contributed by atoms with Gasteiger partial charge < -0.3 is 14.2 Å². The molecule has 2 aromatic carbocycles. The van der Waals surface area contributed by atoms with E-state index in [2.05, 4.69) is 25.1 Å². The molecule has 1 unspecified atom stereocenters. The van der Waals surface area contributed by atoms with Crippen molar-refractivity contribution < 1.29 is 14.2 Å². The number of benzene rings is 2. The van der Waals surface area contributed by atoms with Gasteiger partial charge in [0.05, 0.1) is 0 Å². The van der Waals surface area contributed by atoms with Gasteiger partial charge in [-0.15, -0.1) is 0 Å². The lowest BCUT2D eigenvalue weighted by atomic mass is 10.0. The molecule has 0 aromatic heterocycles. The predicted molar refractivity (Wildman–Crippen MR) is 73.4 cm³/mol. The molecule has 0 amide bonds. The second kappa shape index (κ2) is 5.70. The van der Waals surface area contributed by atoms with E-state index in [0.717, 1.165) is 17.4 Å². The van der Waals surface area contributed by atoms with Crippen LogP contribution in [0.2, 0.25) is 0 Å². The van der Waals surface area contributed by atoms with E-state index in [4.69, 9.17) is 14.2 Å². The number of hydrogen-bond donors (Lipinski definition) is 0. The molecule has 1 atom stereocenters. The van der Waals surface area contributed by atoms with Gasteiger partial charge in [-0.3, -0.25) is 0 Å². The van der Waals surface area contributed by atoms with Crippen LogP contribution in [0.5, 0.6) is 0 Å². The van der Waals surface area contributed by atoms with E-state index in [-0.39, 0.29) is 6.29 Å². The Hall–Kier alpha value is -1.42. The van der Waals surface area contributed by atoms with Crippen LogP contribution in [0.3, 0.4) is 0 Å². The molecule has 1 fully saturated rings. The minimum absolute atomic E-state index is 0.283. The van der Waals surface area contributed by atoms with Crippen LogP contribution in [0.1, 0.15) is 18.9 Å². The highest BCUT2D eigenvalue weighted by atomic mass is 16.8. The summed E-state index contributed by atoms with van der Waals surface area (Å²) in [6.45, 7) is 3.22. The molecule has 99 valence electrons. The number of rotatable bonds is 4. The smallest absolute Gasteiger partial charge is 0.259 e. The summed E-state index contributed by atoms with van der Waals surface area (Å²) in [6, 6.07) is 14.3. The SMILES string of the molecule is CCCOC1CO[C](c2cccc3ccccc23)O1. The van der Waals surface area contributed by atoms with Crippen molar-refractivity contribution in [1.29, 1.82) is 0 Å². The fourth-order valence-corrected chi connectivity index (χ4v) is 2.21. The third-order valence-corrected chi connectivity index (χ3v) is 3.11.